The third-order valence-electron chi connectivity index (χ3n) is 3.67. The van der Waals surface area contributed by atoms with Gasteiger partial charge in [-0.2, -0.15) is 5.10 Å². The van der Waals surface area contributed by atoms with E-state index in [-0.39, 0.29) is 5.91 Å². The molecule has 6 heteroatoms. The van der Waals surface area contributed by atoms with Crippen molar-refractivity contribution in [1.29, 1.82) is 0 Å². The SMILES string of the molecule is Cc1noc(C)c1C(=O)N(C)Cc1cnn(-c2ccccc2)c1. The molecule has 0 spiro atoms. The summed E-state index contributed by atoms with van der Waals surface area (Å²) < 4.78 is 6.86. The van der Waals surface area contributed by atoms with Gasteiger partial charge in [0.15, 0.2) is 0 Å². The molecule has 0 bridgehead atoms. The molecule has 0 saturated carbocycles. The number of hydrogen-bond acceptors (Lipinski definition) is 4. The van der Waals surface area contributed by atoms with Crippen molar-refractivity contribution in [2.45, 2.75) is 20.4 Å². The second-order valence-corrected chi connectivity index (χ2v) is 5.49. The molecule has 0 saturated heterocycles. The molecule has 0 aliphatic rings. The van der Waals surface area contributed by atoms with E-state index in [0.717, 1.165) is 11.3 Å². The highest BCUT2D eigenvalue weighted by Crippen LogP contribution is 2.16. The first-order valence-electron chi connectivity index (χ1n) is 7.33. The van der Waals surface area contributed by atoms with Crippen LogP contribution in [0.15, 0.2) is 47.2 Å². The van der Waals surface area contributed by atoms with E-state index in [1.165, 1.54) is 0 Å². The van der Waals surface area contributed by atoms with E-state index in [0.29, 0.717) is 23.6 Å². The maximum Gasteiger partial charge on any atom is 0.259 e. The maximum absolute atomic E-state index is 12.5. The second kappa shape index (κ2) is 6.08. The quantitative estimate of drug-likeness (QED) is 0.743. The van der Waals surface area contributed by atoms with Gasteiger partial charge in [-0.25, -0.2) is 4.68 Å². The highest BCUT2D eigenvalue weighted by Gasteiger charge is 2.21. The van der Waals surface area contributed by atoms with Crippen molar-refractivity contribution in [2.75, 3.05) is 7.05 Å². The Balaban J connectivity index is 1.75. The van der Waals surface area contributed by atoms with Gasteiger partial charge in [0, 0.05) is 25.4 Å². The predicted octanol–water partition coefficient (Wildman–Crippen LogP) is 2.75. The molecule has 1 amide bonds. The van der Waals surface area contributed by atoms with E-state index in [9.17, 15) is 4.79 Å². The lowest BCUT2D eigenvalue weighted by atomic mass is 10.2. The lowest BCUT2D eigenvalue weighted by Crippen LogP contribution is -2.26. The van der Waals surface area contributed by atoms with Crippen LogP contribution in [-0.4, -0.2) is 32.8 Å². The smallest absolute Gasteiger partial charge is 0.259 e. The van der Waals surface area contributed by atoms with Gasteiger partial charge < -0.3 is 9.42 Å². The zero-order chi connectivity index (χ0) is 16.4. The molecular formula is C17H18N4O2. The Labute approximate surface area is 134 Å². The summed E-state index contributed by atoms with van der Waals surface area (Å²) in [6.45, 7) is 3.98. The minimum Gasteiger partial charge on any atom is -0.361 e. The number of nitrogens with zero attached hydrogens (tertiary/aromatic N) is 4. The number of carbonyl (C=O) groups is 1. The van der Waals surface area contributed by atoms with Crippen LogP contribution in [0.25, 0.3) is 5.69 Å². The molecule has 23 heavy (non-hydrogen) atoms. The number of rotatable bonds is 4. The Hall–Kier alpha value is -2.89. The van der Waals surface area contributed by atoms with Gasteiger partial charge in [-0.15, -0.1) is 0 Å². The zero-order valence-electron chi connectivity index (χ0n) is 13.4. The summed E-state index contributed by atoms with van der Waals surface area (Å²) in [5.74, 6) is 0.438. The van der Waals surface area contributed by atoms with Crippen LogP contribution in [0.2, 0.25) is 0 Å². The van der Waals surface area contributed by atoms with Crippen molar-refractivity contribution < 1.29 is 9.32 Å². The first-order valence-corrected chi connectivity index (χ1v) is 7.33. The molecule has 118 valence electrons. The molecule has 1 aromatic carbocycles. The second-order valence-electron chi connectivity index (χ2n) is 5.49. The fourth-order valence-corrected chi connectivity index (χ4v) is 2.49. The van der Waals surface area contributed by atoms with Gasteiger partial charge in [-0.3, -0.25) is 4.79 Å². The standard InChI is InChI=1S/C17H18N4O2/c1-12-16(13(2)23-19-12)17(22)20(3)10-14-9-18-21(11-14)15-7-5-4-6-8-15/h4-9,11H,10H2,1-3H3. The van der Waals surface area contributed by atoms with Crippen molar-refractivity contribution in [3.8, 4) is 5.69 Å². The van der Waals surface area contributed by atoms with Crippen LogP contribution in [0.3, 0.4) is 0 Å². The van der Waals surface area contributed by atoms with Crippen molar-refractivity contribution in [1.82, 2.24) is 19.8 Å². The molecular weight excluding hydrogens is 292 g/mol. The van der Waals surface area contributed by atoms with Gasteiger partial charge in [0.1, 0.15) is 11.3 Å². The van der Waals surface area contributed by atoms with E-state index in [4.69, 9.17) is 4.52 Å². The molecule has 0 aliphatic carbocycles. The summed E-state index contributed by atoms with van der Waals surface area (Å²) in [5, 5.41) is 8.18. The van der Waals surface area contributed by atoms with E-state index in [1.54, 1.807) is 36.7 Å². The number of para-hydroxylation sites is 1. The van der Waals surface area contributed by atoms with Crippen molar-refractivity contribution >= 4 is 5.91 Å². The third-order valence-corrected chi connectivity index (χ3v) is 3.67. The first kappa shape index (κ1) is 15.0. The normalized spacial score (nSPS) is 10.7. The van der Waals surface area contributed by atoms with Crippen LogP contribution in [-0.2, 0) is 6.54 Å². The lowest BCUT2D eigenvalue weighted by Gasteiger charge is -2.15. The van der Waals surface area contributed by atoms with Crippen LogP contribution in [0.4, 0.5) is 0 Å². The molecule has 6 nitrogen and oxygen atoms in total. The molecule has 0 aliphatic heterocycles. The minimum absolute atomic E-state index is 0.103. The van der Waals surface area contributed by atoms with Crippen molar-refractivity contribution in [3.63, 3.8) is 0 Å². The van der Waals surface area contributed by atoms with Gasteiger partial charge in [0.25, 0.3) is 5.91 Å². The Kier molecular flexibility index (Phi) is 3.97. The summed E-state index contributed by atoms with van der Waals surface area (Å²) >= 11 is 0. The molecule has 0 unspecified atom stereocenters. The largest absolute Gasteiger partial charge is 0.361 e. The predicted molar refractivity (Wildman–Crippen MR) is 85.3 cm³/mol. The summed E-state index contributed by atoms with van der Waals surface area (Å²) in [7, 11) is 1.76. The Morgan fingerprint density at radius 2 is 2.00 bits per heavy atom. The molecule has 0 radical (unpaired) electrons. The average molecular weight is 310 g/mol. The van der Waals surface area contributed by atoms with Crippen molar-refractivity contribution in [3.05, 3.63) is 65.3 Å². The van der Waals surface area contributed by atoms with Crippen LogP contribution in [0.5, 0.6) is 0 Å². The number of benzene rings is 1. The fraction of sp³-hybridized carbons (Fsp3) is 0.235. The monoisotopic (exact) mass is 310 g/mol. The van der Waals surface area contributed by atoms with E-state index < -0.39 is 0 Å². The van der Waals surface area contributed by atoms with Gasteiger partial charge in [-0.05, 0) is 26.0 Å². The van der Waals surface area contributed by atoms with E-state index in [1.807, 2.05) is 36.5 Å². The van der Waals surface area contributed by atoms with Crippen LogP contribution in [0.1, 0.15) is 27.4 Å². The number of carbonyl (C=O) groups excluding carboxylic acids is 1. The maximum atomic E-state index is 12.5. The Morgan fingerprint density at radius 3 is 2.65 bits per heavy atom. The molecule has 0 N–H and O–H groups in total. The summed E-state index contributed by atoms with van der Waals surface area (Å²) in [4.78, 5) is 14.2. The number of hydrogen-bond donors (Lipinski definition) is 0. The average Bonchev–Trinajstić information content (AvgIpc) is 3.14. The van der Waals surface area contributed by atoms with Crippen molar-refractivity contribution in [2.24, 2.45) is 0 Å². The van der Waals surface area contributed by atoms with Gasteiger partial charge in [0.2, 0.25) is 0 Å². The Bertz CT molecular complexity index is 801. The number of aromatic nitrogens is 3. The zero-order valence-corrected chi connectivity index (χ0v) is 13.4. The van der Waals surface area contributed by atoms with Gasteiger partial charge in [0.05, 0.1) is 17.6 Å². The third kappa shape index (κ3) is 3.01. The topological polar surface area (TPSA) is 64.2 Å². The molecule has 0 atom stereocenters. The summed E-state index contributed by atoms with van der Waals surface area (Å²) in [6.07, 6.45) is 3.69. The minimum atomic E-state index is -0.103. The molecule has 0 fully saturated rings. The van der Waals surface area contributed by atoms with Gasteiger partial charge in [-0.1, -0.05) is 23.4 Å². The summed E-state index contributed by atoms with van der Waals surface area (Å²) in [5.41, 5.74) is 3.08. The molecule has 3 rings (SSSR count). The molecule has 2 aromatic heterocycles. The molecule has 3 aromatic rings. The number of amides is 1. The van der Waals surface area contributed by atoms with Crippen LogP contribution < -0.4 is 0 Å². The highest BCUT2D eigenvalue weighted by atomic mass is 16.5. The Morgan fingerprint density at radius 1 is 1.26 bits per heavy atom. The number of aryl methyl sites for hydroxylation is 2. The summed E-state index contributed by atoms with van der Waals surface area (Å²) in [6, 6.07) is 9.85. The van der Waals surface area contributed by atoms with Crippen LogP contribution in [0, 0.1) is 13.8 Å². The van der Waals surface area contributed by atoms with E-state index in [2.05, 4.69) is 10.3 Å². The van der Waals surface area contributed by atoms with Gasteiger partial charge >= 0.3 is 0 Å². The molecule has 2 heterocycles. The fourth-order valence-electron chi connectivity index (χ4n) is 2.49. The highest BCUT2D eigenvalue weighted by molar-refractivity contribution is 5.95. The van der Waals surface area contributed by atoms with Crippen LogP contribution >= 0.6 is 0 Å². The first-order chi connectivity index (χ1) is 11.1. The lowest BCUT2D eigenvalue weighted by molar-refractivity contribution is 0.0782. The van der Waals surface area contributed by atoms with E-state index >= 15 is 0 Å².